The summed E-state index contributed by atoms with van der Waals surface area (Å²) in [5.74, 6) is -0.183. The van der Waals surface area contributed by atoms with Gasteiger partial charge in [-0.1, -0.05) is 19.1 Å². The highest BCUT2D eigenvalue weighted by molar-refractivity contribution is 7.13. The Hall–Kier alpha value is -2.41. The van der Waals surface area contributed by atoms with Crippen LogP contribution in [0.1, 0.15) is 27.3 Å². The summed E-state index contributed by atoms with van der Waals surface area (Å²) in [4.78, 5) is 31.5. The lowest BCUT2D eigenvalue weighted by atomic mass is 10.1. The van der Waals surface area contributed by atoms with Crippen molar-refractivity contribution in [2.24, 2.45) is 0 Å². The molecule has 1 aliphatic rings. The Labute approximate surface area is 144 Å². The smallest absolute Gasteiger partial charge is 0.348 e. The maximum absolute atomic E-state index is 13.1. The van der Waals surface area contributed by atoms with E-state index in [-0.39, 0.29) is 12.5 Å². The normalized spacial score (nSPS) is 16.3. The van der Waals surface area contributed by atoms with Crippen LogP contribution in [0.4, 0.5) is 5.69 Å². The zero-order valence-electron chi connectivity index (χ0n) is 13.7. The molecule has 0 aliphatic carbocycles. The van der Waals surface area contributed by atoms with Crippen LogP contribution >= 0.6 is 11.3 Å². The first kappa shape index (κ1) is 16.4. The summed E-state index contributed by atoms with van der Waals surface area (Å²) in [5.41, 5.74) is 1.36. The number of rotatable bonds is 3. The van der Waals surface area contributed by atoms with E-state index in [1.165, 1.54) is 18.4 Å². The van der Waals surface area contributed by atoms with Gasteiger partial charge in [-0.3, -0.25) is 9.69 Å². The Morgan fingerprint density at radius 3 is 2.83 bits per heavy atom. The van der Waals surface area contributed by atoms with E-state index in [0.29, 0.717) is 22.0 Å². The molecule has 2 aromatic rings. The number of carbonyl (C=O) groups is 2. The zero-order chi connectivity index (χ0) is 17.3. The average molecular weight is 346 g/mol. The summed E-state index contributed by atoms with van der Waals surface area (Å²) in [6.07, 6.45) is -0.0590. The Balaban J connectivity index is 1.99. The number of anilines is 1. The number of benzene rings is 1. The van der Waals surface area contributed by atoms with Gasteiger partial charge in [-0.25, -0.2) is 9.78 Å². The number of para-hydroxylation sites is 2. The molecule has 0 N–H and O–H groups in total. The molecule has 0 bridgehead atoms. The third-order valence-corrected chi connectivity index (χ3v) is 5.11. The van der Waals surface area contributed by atoms with Crippen LogP contribution in [-0.4, -0.2) is 36.6 Å². The van der Waals surface area contributed by atoms with Gasteiger partial charge in [-0.15, -0.1) is 11.3 Å². The van der Waals surface area contributed by atoms with E-state index >= 15 is 0 Å². The highest BCUT2D eigenvalue weighted by atomic mass is 32.1. The van der Waals surface area contributed by atoms with E-state index < -0.39 is 12.1 Å². The van der Waals surface area contributed by atoms with Crippen LogP contribution < -0.4 is 9.64 Å². The number of thiazole rings is 1. The number of fused-ring (bicyclic) bond motifs is 1. The van der Waals surface area contributed by atoms with Crippen LogP contribution in [0.25, 0.3) is 0 Å². The second kappa shape index (κ2) is 6.60. The van der Waals surface area contributed by atoms with E-state index in [1.807, 2.05) is 19.9 Å². The van der Waals surface area contributed by atoms with Gasteiger partial charge in [-0.2, -0.15) is 0 Å². The lowest BCUT2D eigenvalue weighted by Crippen LogP contribution is -2.47. The SMILES string of the molecule is CCc1nc(C)c(C(=O)N2C[C@H](C(=O)OC)Oc3ccccc32)s1. The second-order valence-electron chi connectivity index (χ2n) is 5.39. The molecular weight excluding hydrogens is 328 g/mol. The molecule has 2 heterocycles. The molecule has 0 fully saturated rings. The third kappa shape index (κ3) is 2.87. The molecule has 1 aromatic carbocycles. The minimum Gasteiger partial charge on any atom is -0.475 e. The van der Waals surface area contributed by atoms with Gasteiger partial charge in [0.2, 0.25) is 6.10 Å². The summed E-state index contributed by atoms with van der Waals surface area (Å²) in [6, 6.07) is 7.17. The summed E-state index contributed by atoms with van der Waals surface area (Å²) in [7, 11) is 1.30. The fraction of sp³-hybridized carbons (Fsp3) is 0.353. The van der Waals surface area contributed by atoms with E-state index in [1.54, 1.807) is 23.1 Å². The minimum absolute atomic E-state index is 0.112. The summed E-state index contributed by atoms with van der Waals surface area (Å²) >= 11 is 1.39. The van der Waals surface area contributed by atoms with Gasteiger partial charge in [0.05, 0.1) is 30.0 Å². The number of amides is 1. The zero-order valence-corrected chi connectivity index (χ0v) is 14.6. The number of aryl methyl sites for hydroxylation is 2. The summed E-state index contributed by atoms with van der Waals surface area (Å²) in [5, 5.41) is 0.918. The van der Waals surface area contributed by atoms with Gasteiger partial charge in [0.15, 0.2) is 0 Å². The molecule has 126 valence electrons. The number of aromatic nitrogens is 1. The Kier molecular flexibility index (Phi) is 4.53. The van der Waals surface area contributed by atoms with E-state index in [4.69, 9.17) is 9.47 Å². The van der Waals surface area contributed by atoms with Gasteiger partial charge in [0.25, 0.3) is 5.91 Å². The van der Waals surface area contributed by atoms with Gasteiger partial charge in [-0.05, 0) is 25.5 Å². The fourth-order valence-corrected chi connectivity index (χ4v) is 3.56. The van der Waals surface area contributed by atoms with Crippen LogP contribution in [0.3, 0.4) is 0 Å². The average Bonchev–Trinajstić information content (AvgIpc) is 3.00. The monoisotopic (exact) mass is 346 g/mol. The first-order chi connectivity index (χ1) is 11.5. The van der Waals surface area contributed by atoms with Gasteiger partial charge < -0.3 is 9.47 Å². The van der Waals surface area contributed by atoms with Gasteiger partial charge in [0, 0.05) is 0 Å². The molecule has 1 amide bonds. The minimum atomic E-state index is -0.840. The molecule has 1 atom stereocenters. The molecule has 0 saturated carbocycles. The van der Waals surface area contributed by atoms with Crippen molar-refractivity contribution in [2.75, 3.05) is 18.6 Å². The number of hydrogen-bond acceptors (Lipinski definition) is 6. The fourth-order valence-electron chi connectivity index (χ4n) is 2.61. The molecule has 7 heteroatoms. The van der Waals surface area contributed by atoms with E-state index in [9.17, 15) is 9.59 Å². The summed E-state index contributed by atoms with van der Waals surface area (Å²) in [6.45, 7) is 3.94. The third-order valence-electron chi connectivity index (χ3n) is 3.82. The molecule has 0 spiro atoms. The maximum Gasteiger partial charge on any atom is 0.348 e. The Morgan fingerprint density at radius 2 is 2.17 bits per heavy atom. The molecule has 0 radical (unpaired) electrons. The van der Waals surface area contributed by atoms with E-state index in [0.717, 1.165) is 11.4 Å². The van der Waals surface area contributed by atoms with Crippen LogP contribution in [0.2, 0.25) is 0 Å². The molecule has 0 unspecified atom stereocenters. The van der Waals surface area contributed by atoms with Crippen molar-refractivity contribution in [3.05, 3.63) is 39.8 Å². The molecule has 24 heavy (non-hydrogen) atoms. The lowest BCUT2D eigenvalue weighted by molar-refractivity contribution is -0.148. The van der Waals surface area contributed by atoms with Crippen molar-refractivity contribution >= 4 is 28.9 Å². The number of carbonyl (C=O) groups excluding carboxylic acids is 2. The van der Waals surface area contributed by atoms with Crippen LogP contribution in [0, 0.1) is 6.92 Å². The molecular formula is C17H18N2O4S. The quantitative estimate of drug-likeness (QED) is 0.799. The number of esters is 1. The Bertz CT molecular complexity index is 787. The highest BCUT2D eigenvalue weighted by Gasteiger charge is 2.35. The predicted molar refractivity (Wildman–Crippen MR) is 90.8 cm³/mol. The second-order valence-corrected chi connectivity index (χ2v) is 6.47. The van der Waals surface area contributed by atoms with Crippen molar-refractivity contribution in [3.63, 3.8) is 0 Å². The Morgan fingerprint density at radius 1 is 1.42 bits per heavy atom. The highest BCUT2D eigenvalue weighted by Crippen LogP contribution is 2.35. The molecule has 0 saturated heterocycles. The first-order valence-electron chi connectivity index (χ1n) is 7.66. The van der Waals surface area contributed by atoms with Gasteiger partial charge in [0.1, 0.15) is 10.6 Å². The topological polar surface area (TPSA) is 68.7 Å². The predicted octanol–water partition coefficient (Wildman–Crippen LogP) is 2.59. The van der Waals surface area contributed by atoms with Gasteiger partial charge >= 0.3 is 5.97 Å². The standard InChI is InChI=1S/C17H18N2O4S/c1-4-14-18-10(2)15(24-14)16(20)19-9-13(17(21)22-3)23-12-8-6-5-7-11(12)19/h5-8,13H,4,9H2,1-3H3/t13-/m1/s1. The van der Waals surface area contributed by atoms with Crippen molar-refractivity contribution in [2.45, 2.75) is 26.4 Å². The number of ether oxygens (including phenoxy) is 2. The largest absolute Gasteiger partial charge is 0.475 e. The summed E-state index contributed by atoms with van der Waals surface area (Å²) < 4.78 is 10.4. The lowest BCUT2D eigenvalue weighted by Gasteiger charge is -2.33. The molecule has 1 aromatic heterocycles. The number of nitrogens with zero attached hydrogens (tertiary/aromatic N) is 2. The number of methoxy groups -OCH3 is 1. The van der Waals surface area contributed by atoms with Crippen molar-refractivity contribution < 1.29 is 19.1 Å². The van der Waals surface area contributed by atoms with Crippen LogP contribution in [-0.2, 0) is 16.0 Å². The van der Waals surface area contributed by atoms with E-state index in [2.05, 4.69) is 4.98 Å². The number of hydrogen-bond donors (Lipinski definition) is 0. The van der Waals surface area contributed by atoms with Crippen LogP contribution in [0.5, 0.6) is 5.75 Å². The maximum atomic E-state index is 13.1. The van der Waals surface area contributed by atoms with Crippen molar-refractivity contribution in [1.82, 2.24) is 4.98 Å². The van der Waals surface area contributed by atoms with Crippen molar-refractivity contribution in [1.29, 1.82) is 0 Å². The molecule has 3 rings (SSSR count). The first-order valence-corrected chi connectivity index (χ1v) is 8.48. The van der Waals surface area contributed by atoms with Crippen molar-refractivity contribution in [3.8, 4) is 5.75 Å². The molecule has 6 nitrogen and oxygen atoms in total. The molecule has 1 aliphatic heterocycles. The van der Waals surface area contributed by atoms with Crippen LogP contribution in [0.15, 0.2) is 24.3 Å².